The third-order valence-corrected chi connectivity index (χ3v) is 4.60. The van der Waals surface area contributed by atoms with Gasteiger partial charge < -0.3 is 10.2 Å². The largest absolute Gasteiger partial charge is 0.416 e. The van der Waals surface area contributed by atoms with Gasteiger partial charge in [0.2, 0.25) is 5.91 Å². The van der Waals surface area contributed by atoms with Gasteiger partial charge in [0.25, 0.3) is 5.91 Å². The van der Waals surface area contributed by atoms with E-state index in [1.807, 2.05) is 0 Å². The van der Waals surface area contributed by atoms with Crippen LogP contribution in [0.2, 0.25) is 5.02 Å². The van der Waals surface area contributed by atoms with Crippen LogP contribution >= 0.6 is 11.6 Å². The molecule has 0 fully saturated rings. The smallest absolute Gasteiger partial charge is 0.338 e. The zero-order chi connectivity index (χ0) is 24.1. The molecular formula is C21H19ClF6N2O2. The van der Waals surface area contributed by atoms with Crippen LogP contribution in [-0.2, 0) is 17.1 Å². The lowest BCUT2D eigenvalue weighted by atomic mass is 10.0. The second-order valence-electron chi connectivity index (χ2n) is 6.89. The molecular weight excluding hydrogens is 462 g/mol. The highest BCUT2D eigenvalue weighted by Crippen LogP contribution is 2.36. The van der Waals surface area contributed by atoms with Crippen LogP contribution in [0.15, 0.2) is 42.5 Å². The molecule has 0 unspecified atom stereocenters. The van der Waals surface area contributed by atoms with Crippen molar-refractivity contribution in [3.63, 3.8) is 0 Å². The van der Waals surface area contributed by atoms with Crippen molar-refractivity contribution in [2.45, 2.75) is 32.1 Å². The maximum atomic E-state index is 13.1. The van der Waals surface area contributed by atoms with Crippen molar-refractivity contribution in [2.24, 2.45) is 0 Å². The van der Waals surface area contributed by atoms with Crippen molar-refractivity contribution in [1.82, 2.24) is 4.90 Å². The summed E-state index contributed by atoms with van der Waals surface area (Å²) < 4.78 is 78.5. The average molecular weight is 481 g/mol. The molecule has 0 spiro atoms. The van der Waals surface area contributed by atoms with Crippen LogP contribution in [0.1, 0.15) is 41.3 Å². The van der Waals surface area contributed by atoms with Crippen LogP contribution in [-0.4, -0.2) is 29.8 Å². The van der Waals surface area contributed by atoms with Gasteiger partial charge in [-0.3, -0.25) is 9.59 Å². The molecule has 174 valence electrons. The number of rotatable bonds is 7. The maximum Gasteiger partial charge on any atom is 0.416 e. The molecule has 0 aliphatic carbocycles. The monoisotopic (exact) mass is 480 g/mol. The summed E-state index contributed by atoms with van der Waals surface area (Å²) in [4.78, 5) is 26.0. The molecule has 11 heteroatoms. The van der Waals surface area contributed by atoms with Gasteiger partial charge in [-0.05, 0) is 48.9 Å². The number of hydrogen-bond acceptors (Lipinski definition) is 2. The summed E-state index contributed by atoms with van der Waals surface area (Å²) in [7, 11) is 0. The molecule has 0 aliphatic heterocycles. The Morgan fingerprint density at radius 2 is 1.44 bits per heavy atom. The summed E-state index contributed by atoms with van der Waals surface area (Å²) in [6.45, 7) is 1.54. The molecule has 0 atom stereocenters. The summed E-state index contributed by atoms with van der Waals surface area (Å²) in [5.74, 6) is -1.51. The summed E-state index contributed by atoms with van der Waals surface area (Å²) >= 11 is 5.76. The first-order valence-electron chi connectivity index (χ1n) is 9.45. The number of alkyl halides is 6. The van der Waals surface area contributed by atoms with Gasteiger partial charge >= 0.3 is 12.4 Å². The van der Waals surface area contributed by atoms with E-state index in [1.54, 1.807) is 31.2 Å². The van der Waals surface area contributed by atoms with Crippen molar-refractivity contribution in [2.75, 3.05) is 18.4 Å². The Kier molecular flexibility index (Phi) is 8.17. The molecule has 32 heavy (non-hydrogen) atoms. The van der Waals surface area contributed by atoms with Crippen LogP contribution in [0.4, 0.5) is 32.0 Å². The summed E-state index contributed by atoms with van der Waals surface area (Å²) in [6, 6.07) is 6.93. The highest BCUT2D eigenvalue weighted by atomic mass is 35.5. The van der Waals surface area contributed by atoms with Crippen LogP contribution in [0, 0.1) is 0 Å². The van der Waals surface area contributed by atoms with E-state index < -0.39 is 40.9 Å². The number of hydrogen-bond donors (Lipinski definition) is 1. The van der Waals surface area contributed by atoms with Gasteiger partial charge in [0.05, 0.1) is 11.1 Å². The average Bonchev–Trinajstić information content (AvgIpc) is 2.70. The van der Waals surface area contributed by atoms with Gasteiger partial charge in [-0.2, -0.15) is 26.3 Å². The third-order valence-electron chi connectivity index (χ3n) is 4.35. The van der Waals surface area contributed by atoms with Crippen molar-refractivity contribution in [3.8, 4) is 0 Å². The predicted octanol–water partition coefficient (Wildman–Crippen LogP) is 6.26. The minimum absolute atomic E-state index is 0.0412. The van der Waals surface area contributed by atoms with E-state index in [4.69, 9.17) is 11.6 Å². The van der Waals surface area contributed by atoms with Gasteiger partial charge in [-0.25, -0.2) is 0 Å². The van der Waals surface area contributed by atoms with Crippen LogP contribution in [0.25, 0.3) is 0 Å². The van der Waals surface area contributed by atoms with Crippen molar-refractivity contribution in [3.05, 3.63) is 64.2 Å². The Balaban J connectivity index is 2.21. The van der Waals surface area contributed by atoms with Gasteiger partial charge in [-0.15, -0.1) is 0 Å². The molecule has 2 aromatic carbocycles. The fraction of sp³-hybridized carbons (Fsp3) is 0.333. The molecule has 0 heterocycles. The Labute approximate surface area is 185 Å². The first-order valence-corrected chi connectivity index (χ1v) is 9.83. The number of nitrogens with zero attached hydrogens (tertiary/aromatic N) is 1. The Hall–Kier alpha value is -2.75. The van der Waals surface area contributed by atoms with E-state index in [1.165, 1.54) is 0 Å². The number of carbonyl (C=O) groups is 2. The van der Waals surface area contributed by atoms with Crippen molar-refractivity contribution >= 4 is 29.1 Å². The number of halogens is 7. The molecule has 0 saturated heterocycles. The van der Waals surface area contributed by atoms with Gasteiger partial charge in [0.15, 0.2) is 0 Å². The summed E-state index contributed by atoms with van der Waals surface area (Å²) in [5.41, 5.74) is -3.46. The second-order valence-corrected chi connectivity index (χ2v) is 7.33. The predicted molar refractivity (Wildman–Crippen MR) is 107 cm³/mol. The van der Waals surface area contributed by atoms with Gasteiger partial charge in [-0.1, -0.05) is 18.5 Å². The molecule has 0 radical (unpaired) electrons. The molecule has 2 amide bonds. The molecule has 0 aliphatic rings. The highest BCUT2D eigenvalue weighted by Gasteiger charge is 2.37. The molecule has 0 saturated carbocycles. The number of benzene rings is 2. The van der Waals surface area contributed by atoms with Crippen LogP contribution < -0.4 is 5.32 Å². The van der Waals surface area contributed by atoms with Crippen LogP contribution in [0.5, 0.6) is 0 Å². The minimum Gasteiger partial charge on any atom is -0.338 e. The molecule has 2 aromatic rings. The summed E-state index contributed by atoms with van der Waals surface area (Å²) in [6.07, 6.45) is -9.95. The first kappa shape index (κ1) is 25.5. The van der Waals surface area contributed by atoms with E-state index in [-0.39, 0.29) is 25.6 Å². The van der Waals surface area contributed by atoms with Gasteiger partial charge in [0, 0.05) is 35.8 Å². The van der Waals surface area contributed by atoms with Crippen LogP contribution in [0.3, 0.4) is 0 Å². The van der Waals surface area contributed by atoms with Crippen molar-refractivity contribution < 1.29 is 35.9 Å². The quantitative estimate of drug-likeness (QED) is 0.476. The standard InChI is InChI=1S/C21H19ClF6N2O2/c1-2-8-30(9-7-18(31)29-17-5-3-16(22)4-6-17)19(32)13-10-14(20(23,24)25)12-15(11-13)21(26,27)28/h3-6,10-12H,2,7-9H2,1H3,(H,29,31). The molecule has 0 bridgehead atoms. The Morgan fingerprint density at radius 3 is 1.91 bits per heavy atom. The van der Waals surface area contributed by atoms with Gasteiger partial charge in [0.1, 0.15) is 0 Å². The zero-order valence-electron chi connectivity index (χ0n) is 16.8. The minimum atomic E-state index is -5.07. The first-order chi connectivity index (χ1) is 14.8. The Bertz CT molecular complexity index is 926. The number of carbonyl (C=O) groups excluding carboxylic acids is 2. The lowest BCUT2D eigenvalue weighted by Crippen LogP contribution is -2.35. The summed E-state index contributed by atoms with van der Waals surface area (Å²) in [5, 5.41) is 3.03. The molecule has 0 aromatic heterocycles. The maximum absolute atomic E-state index is 13.1. The normalized spacial score (nSPS) is 11.9. The Morgan fingerprint density at radius 1 is 0.906 bits per heavy atom. The lowest BCUT2D eigenvalue weighted by molar-refractivity contribution is -0.143. The molecule has 2 rings (SSSR count). The topological polar surface area (TPSA) is 49.4 Å². The SMILES string of the molecule is CCCN(CCC(=O)Nc1ccc(Cl)cc1)C(=O)c1cc(C(F)(F)F)cc(C(F)(F)F)c1. The van der Waals surface area contributed by atoms with E-state index in [2.05, 4.69) is 5.32 Å². The fourth-order valence-corrected chi connectivity index (χ4v) is 2.96. The third kappa shape index (κ3) is 7.15. The number of anilines is 1. The van der Waals surface area contributed by atoms with E-state index in [0.29, 0.717) is 29.3 Å². The van der Waals surface area contributed by atoms with E-state index in [0.717, 1.165) is 4.90 Å². The number of amides is 2. The molecule has 4 nitrogen and oxygen atoms in total. The van der Waals surface area contributed by atoms with E-state index in [9.17, 15) is 35.9 Å². The number of nitrogens with one attached hydrogen (secondary N) is 1. The fourth-order valence-electron chi connectivity index (χ4n) is 2.84. The van der Waals surface area contributed by atoms with Crippen molar-refractivity contribution in [1.29, 1.82) is 0 Å². The van der Waals surface area contributed by atoms with E-state index >= 15 is 0 Å². The highest BCUT2D eigenvalue weighted by molar-refractivity contribution is 6.30. The molecule has 1 N–H and O–H groups in total. The lowest BCUT2D eigenvalue weighted by Gasteiger charge is -2.23. The zero-order valence-corrected chi connectivity index (χ0v) is 17.5. The second kappa shape index (κ2) is 10.2.